The summed E-state index contributed by atoms with van der Waals surface area (Å²) < 4.78 is 0.826. The topological polar surface area (TPSA) is 225 Å². The zero-order valence-electron chi connectivity index (χ0n) is 24.5. The van der Waals surface area contributed by atoms with Crippen molar-refractivity contribution in [2.45, 2.75) is 63.6 Å². The van der Waals surface area contributed by atoms with E-state index in [0.717, 1.165) is 10.3 Å². The number of aromatic nitrogens is 1. The number of rotatable bonds is 17. The second-order valence-corrected chi connectivity index (χ2v) is 11.1. The summed E-state index contributed by atoms with van der Waals surface area (Å²) in [5.74, 6) is -2.78. The number of guanidine groups is 1. The first-order chi connectivity index (χ1) is 21.1. The van der Waals surface area contributed by atoms with E-state index in [-0.39, 0.29) is 55.4 Å². The Labute approximate surface area is 259 Å². The van der Waals surface area contributed by atoms with Gasteiger partial charge < -0.3 is 33.2 Å². The van der Waals surface area contributed by atoms with Crippen LogP contribution in [-0.2, 0) is 25.6 Å². The van der Waals surface area contributed by atoms with E-state index in [4.69, 9.17) is 17.2 Å². The number of primary amides is 1. The number of nitrogens with one attached hydrogen (secondary N) is 3. The standard InChI is InChI=1S/C30H38N8O5S/c1-2-25(40)35-21(14-15-24(31)39)27(42)37-22(17-18-9-4-3-5-10-18)28(43)36-20(12-8-16-34-30(32)33)26(41)29-38-19-11-6-7-13-23(19)44-29/h3-7,9-11,13,20-22H,2,8,12,14-17H2,1H3,(H2,31,39)(H,35,40)(H,36,43)(H,37,42)(H4,32,33,34)/t20-,21-,22-/m0/s1. The summed E-state index contributed by atoms with van der Waals surface area (Å²) in [4.78, 5) is 72.7. The Morgan fingerprint density at radius 1 is 0.841 bits per heavy atom. The minimum absolute atomic E-state index is 0.0455. The normalized spacial score (nSPS) is 12.8. The number of carbonyl (C=O) groups is 5. The summed E-state index contributed by atoms with van der Waals surface area (Å²) in [6.45, 7) is 1.87. The summed E-state index contributed by atoms with van der Waals surface area (Å²) in [7, 11) is 0. The fourth-order valence-electron chi connectivity index (χ4n) is 4.35. The molecule has 14 heteroatoms. The Morgan fingerprint density at radius 2 is 1.50 bits per heavy atom. The van der Waals surface area contributed by atoms with Crippen LogP contribution in [0.5, 0.6) is 0 Å². The maximum atomic E-state index is 13.8. The molecule has 3 rings (SSSR count). The maximum absolute atomic E-state index is 13.8. The van der Waals surface area contributed by atoms with Crippen LogP contribution in [0.25, 0.3) is 10.2 Å². The number of aliphatic imine (C=N–C) groups is 1. The molecular formula is C30H38N8O5S. The molecule has 13 nitrogen and oxygen atoms in total. The molecule has 9 N–H and O–H groups in total. The molecule has 4 amide bonds. The number of carbonyl (C=O) groups excluding carboxylic acids is 5. The maximum Gasteiger partial charge on any atom is 0.243 e. The van der Waals surface area contributed by atoms with Crippen LogP contribution in [0.3, 0.4) is 0 Å². The van der Waals surface area contributed by atoms with Gasteiger partial charge in [0, 0.05) is 25.8 Å². The van der Waals surface area contributed by atoms with E-state index >= 15 is 0 Å². The molecule has 2 aromatic carbocycles. The molecule has 234 valence electrons. The van der Waals surface area contributed by atoms with Gasteiger partial charge in [-0.3, -0.25) is 29.0 Å². The Kier molecular flexibility index (Phi) is 12.8. The molecule has 0 unspecified atom stereocenters. The number of ketones is 1. The summed E-state index contributed by atoms with van der Waals surface area (Å²) in [5, 5.41) is 8.33. The molecule has 1 heterocycles. The number of nitrogens with zero attached hydrogens (tertiary/aromatic N) is 2. The Balaban J connectivity index is 1.87. The summed E-state index contributed by atoms with van der Waals surface area (Å²) in [5.41, 5.74) is 17.6. The molecule has 0 aliphatic rings. The first-order valence-corrected chi connectivity index (χ1v) is 15.1. The Bertz CT molecular complexity index is 1460. The zero-order valence-corrected chi connectivity index (χ0v) is 25.3. The lowest BCUT2D eigenvalue weighted by atomic mass is 10.0. The number of nitrogens with two attached hydrogens (primary N) is 3. The van der Waals surface area contributed by atoms with Crippen molar-refractivity contribution in [2.75, 3.05) is 6.54 Å². The minimum Gasteiger partial charge on any atom is -0.370 e. The van der Waals surface area contributed by atoms with Crippen LogP contribution in [0.15, 0.2) is 59.6 Å². The number of thiazole rings is 1. The fourth-order valence-corrected chi connectivity index (χ4v) is 5.31. The van der Waals surface area contributed by atoms with Crippen molar-refractivity contribution in [3.8, 4) is 0 Å². The average Bonchev–Trinajstić information content (AvgIpc) is 3.44. The third-order valence-electron chi connectivity index (χ3n) is 6.65. The average molecular weight is 623 g/mol. The molecular weight excluding hydrogens is 584 g/mol. The molecule has 0 radical (unpaired) electrons. The minimum atomic E-state index is -1.12. The van der Waals surface area contributed by atoms with Gasteiger partial charge in [-0.1, -0.05) is 49.4 Å². The van der Waals surface area contributed by atoms with Gasteiger partial charge in [-0.2, -0.15) is 0 Å². The van der Waals surface area contributed by atoms with Crippen molar-refractivity contribution >= 4 is 56.9 Å². The van der Waals surface area contributed by atoms with Crippen LogP contribution in [0.2, 0.25) is 0 Å². The van der Waals surface area contributed by atoms with Gasteiger partial charge in [0.25, 0.3) is 0 Å². The quantitative estimate of drug-likeness (QED) is 0.0548. The van der Waals surface area contributed by atoms with Crippen LogP contribution in [-0.4, -0.2) is 65.0 Å². The van der Waals surface area contributed by atoms with Crippen molar-refractivity contribution in [3.05, 3.63) is 65.2 Å². The van der Waals surface area contributed by atoms with E-state index in [1.165, 1.54) is 11.3 Å². The highest BCUT2D eigenvalue weighted by atomic mass is 32.1. The van der Waals surface area contributed by atoms with Crippen molar-refractivity contribution in [3.63, 3.8) is 0 Å². The van der Waals surface area contributed by atoms with Gasteiger partial charge in [0.1, 0.15) is 12.1 Å². The highest BCUT2D eigenvalue weighted by molar-refractivity contribution is 7.20. The molecule has 0 aliphatic heterocycles. The number of amides is 4. The second kappa shape index (κ2) is 16.7. The lowest BCUT2D eigenvalue weighted by molar-refractivity contribution is -0.132. The third kappa shape index (κ3) is 10.5. The van der Waals surface area contributed by atoms with E-state index in [2.05, 4.69) is 25.9 Å². The molecule has 0 saturated carbocycles. The van der Waals surface area contributed by atoms with E-state index < -0.39 is 41.8 Å². The van der Waals surface area contributed by atoms with Crippen LogP contribution in [0.1, 0.15) is 54.4 Å². The highest BCUT2D eigenvalue weighted by Crippen LogP contribution is 2.23. The number of benzene rings is 2. The monoisotopic (exact) mass is 622 g/mol. The lowest BCUT2D eigenvalue weighted by Gasteiger charge is -2.25. The van der Waals surface area contributed by atoms with Crippen LogP contribution in [0, 0.1) is 0 Å². The van der Waals surface area contributed by atoms with E-state index in [0.29, 0.717) is 11.9 Å². The molecule has 3 atom stereocenters. The zero-order chi connectivity index (χ0) is 32.1. The van der Waals surface area contributed by atoms with Gasteiger partial charge in [0.2, 0.25) is 29.4 Å². The summed E-state index contributed by atoms with van der Waals surface area (Å²) >= 11 is 1.22. The predicted octanol–water partition coefficient (Wildman–Crippen LogP) is 0.905. The van der Waals surface area contributed by atoms with Gasteiger partial charge in [0.15, 0.2) is 11.0 Å². The molecule has 0 spiro atoms. The Hall–Kier alpha value is -4.85. The molecule has 1 aromatic heterocycles. The number of Topliss-reactive ketones (excluding diaryl/α,β-unsaturated/α-hetero) is 1. The van der Waals surface area contributed by atoms with Crippen LogP contribution in [0.4, 0.5) is 0 Å². The van der Waals surface area contributed by atoms with Gasteiger partial charge >= 0.3 is 0 Å². The SMILES string of the molecule is CCC(=O)N[C@@H](CCC(N)=O)C(=O)N[C@@H](Cc1ccccc1)C(=O)N[C@@H](CCCN=C(N)N)C(=O)c1nc2ccccc2s1. The van der Waals surface area contributed by atoms with Gasteiger partial charge in [-0.15, -0.1) is 11.3 Å². The predicted molar refractivity (Wildman–Crippen MR) is 169 cm³/mol. The molecule has 3 aromatic rings. The van der Waals surface area contributed by atoms with E-state index in [9.17, 15) is 24.0 Å². The highest BCUT2D eigenvalue weighted by Gasteiger charge is 2.31. The van der Waals surface area contributed by atoms with Gasteiger partial charge in [0.05, 0.1) is 16.3 Å². The fraction of sp³-hybridized carbons (Fsp3) is 0.367. The molecule has 44 heavy (non-hydrogen) atoms. The van der Waals surface area contributed by atoms with Gasteiger partial charge in [-0.25, -0.2) is 4.98 Å². The van der Waals surface area contributed by atoms with Crippen LogP contribution >= 0.6 is 11.3 Å². The molecule has 0 aliphatic carbocycles. The first-order valence-electron chi connectivity index (χ1n) is 14.2. The molecule has 0 bridgehead atoms. The van der Waals surface area contributed by atoms with Crippen molar-refractivity contribution in [1.29, 1.82) is 0 Å². The third-order valence-corrected chi connectivity index (χ3v) is 7.70. The first kappa shape index (κ1) is 33.6. The van der Waals surface area contributed by atoms with E-state index in [1.54, 1.807) is 37.3 Å². The van der Waals surface area contributed by atoms with Crippen molar-refractivity contribution in [2.24, 2.45) is 22.2 Å². The lowest BCUT2D eigenvalue weighted by Crippen LogP contribution is -2.56. The summed E-state index contributed by atoms with van der Waals surface area (Å²) in [6.07, 6.45) is 0.606. The number of hydrogen-bond donors (Lipinski definition) is 6. The Morgan fingerprint density at radius 3 is 2.16 bits per heavy atom. The van der Waals surface area contributed by atoms with Crippen LogP contribution < -0.4 is 33.2 Å². The molecule has 0 fully saturated rings. The largest absolute Gasteiger partial charge is 0.370 e. The summed E-state index contributed by atoms with van der Waals surface area (Å²) in [6, 6.07) is 13.1. The van der Waals surface area contributed by atoms with Crippen molar-refractivity contribution in [1.82, 2.24) is 20.9 Å². The molecule has 0 saturated heterocycles. The number of para-hydroxylation sites is 1. The smallest absolute Gasteiger partial charge is 0.243 e. The van der Waals surface area contributed by atoms with E-state index in [1.807, 2.05) is 24.3 Å². The van der Waals surface area contributed by atoms with Gasteiger partial charge in [-0.05, 0) is 37.0 Å². The second-order valence-electron chi connectivity index (χ2n) is 10.1. The van der Waals surface area contributed by atoms with Crippen molar-refractivity contribution < 1.29 is 24.0 Å². The number of fused-ring (bicyclic) bond motifs is 1. The number of hydrogen-bond acceptors (Lipinski definition) is 8.